The SMILES string of the molecule is Cc1nn(-c2cccc(Cl)c2)c(Oc2ccccc2)c1CN(C[C@@H](O)COCc1ccccc1)C1CC1. The Morgan fingerprint density at radius 3 is 2.46 bits per heavy atom. The van der Waals surface area contributed by atoms with Crippen molar-refractivity contribution in [2.24, 2.45) is 0 Å². The van der Waals surface area contributed by atoms with Gasteiger partial charge >= 0.3 is 0 Å². The molecule has 0 unspecified atom stereocenters. The summed E-state index contributed by atoms with van der Waals surface area (Å²) in [6.07, 6.45) is 1.65. The molecule has 37 heavy (non-hydrogen) atoms. The molecule has 5 rings (SSSR count). The second kappa shape index (κ2) is 11.9. The van der Waals surface area contributed by atoms with Crippen molar-refractivity contribution in [3.05, 3.63) is 107 Å². The second-order valence-electron chi connectivity index (χ2n) is 9.49. The zero-order valence-corrected chi connectivity index (χ0v) is 21.7. The third-order valence-corrected chi connectivity index (χ3v) is 6.67. The zero-order valence-electron chi connectivity index (χ0n) is 21.0. The van der Waals surface area contributed by atoms with Crippen molar-refractivity contribution in [3.8, 4) is 17.3 Å². The number of rotatable bonds is 12. The number of aliphatic hydroxyl groups is 1. The summed E-state index contributed by atoms with van der Waals surface area (Å²) in [7, 11) is 0. The molecule has 7 heteroatoms. The van der Waals surface area contributed by atoms with Crippen molar-refractivity contribution in [1.82, 2.24) is 14.7 Å². The molecule has 1 aromatic heterocycles. The average Bonchev–Trinajstić information content (AvgIpc) is 3.71. The smallest absolute Gasteiger partial charge is 0.227 e. The monoisotopic (exact) mass is 517 g/mol. The van der Waals surface area contributed by atoms with E-state index < -0.39 is 6.10 Å². The van der Waals surface area contributed by atoms with Gasteiger partial charge in [0.2, 0.25) is 5.88 Å². The zero-order chi connectivity index (χ0) is 25.6. The maximum Gasteiger partial charge on any atom is 0.227 e. The van der Waals surface area contributed by atoms with E-state index in [0.717, 1.165) is 41.1 Å². The molecular weight excluding hydrogens is 486 g/mol. The van der Waals surface area contributed by atoms with Crippen molar-refractivity contribution in [3.63, 3.8) is 0 Å². The van der Waals surface area contributed by atoms with Gasteiger partial charge in [0.05, 0.1) is 36.3 Å². The van der Waals surface area contributed by atoms with Crippen LogP contribution in [0.25, 0.3) is 5.69 Å². The van der Waals surface area contributed by atoms with E-state index >= 15 is 0 Å². The molecule has 0 aliphatic heterocycles. The van der Waals surface area contributed by atoms with Crippen LogP contribution in [0.15, 0.2) is 84.9 Å². The van der Waals surface area contributed by atoms with Gasteiger partial charge in [-0.15, -0.1) is 0 Å². The molecule has 1 aliphatic rings. The molecule has 0 spiro atoms. The molecule has 6 nitrogen and oxygen atoms in total. The molecule has 1 fully saturated rings. The van der Waals surface area contributed by atoms with Crippen molar-refractivity contribution >= 4 is 11.6 Å². The lowest BCUT2D eigenvalue weighted by molar-refractivity contribution is 0.00694. The van der Waals surface area contributed by atoms with E-state index in [4.69, 9.17) is 26.2 Å². The van der Waals surface area contributed by atoms with Gasteiger partial charge in [-0.1, -0.05) is 66.2 Å². The van der Waals surface area contributed by atoms with Crippen LogP contribution in [0.3, 0.4) is 0 Å². The van der Waals surface area contributed by atoms with Crippen LogP contribution in [0.1, 0.15) is 29.7 Å². The quantitative estimate of drug-likeness (QED) is 0.243. The number of para-hydroxylation sites is 1. The fourth-order valence-electron chi connectivity index (χ4n) is 4.40. The van der Waals surface area contributed by atoms with E-state index in [9.17, 15) is 5.11 Å². The predicted octanol–water partition coefficient (Wildman–Crippen LogP) is 6.17. The number of ether oxygens (including phenoxy) is 2. The highest BCUT2D eigenvalue weighted by Crippen LogP contribution is 2.35. The minimum Gasteiger partial charge on any atom is -0.439 e. The van der Waals surface area contributed by atoms with E-state index in [1.165, 1.54) is 0 Å². The Kier molecular flexibility index (Phi) is 8.21. The summed E-state index contributed by atoms with van der Waals surface area (Å²) in [5.41, 5.74) is 3.81. The third kappa shape index (κ3) is 6.79. The summed E-state index contributed by atoms with van der Waals surface area (Å²) in [6.45, 7) is 3.91. The molecule has 0 amide bonds. The highest BCUT2D eigenvalue weighted by Gasteiger charge is 2.32. The molecule has 1 heterocycles. The normalized spacial score (nSPS) is 14.2. The van der Waals surface area contributed by atoms with Gasteiger partial charge in [-0.25, -0.2) is 4.68 Å². The van der Waals surface area contributed by atoms with Gasteiger partial charge < -0.3 is 14.6 Å². The molecule has 192 valence electrons. The number of hydrogen-bond acceptors (Lipinski definition) is 5. The molecule has 3 aromatic carbocycles. The highest BCUT2D eigenvalue weighted by atomic mass is 35.5. The number of aliphatic hydroxyl groups excluding tert-OH is 1. The fourth-order valence-corrected chi connectivity index (χ4v) is 4.59. The first-order chi connectivity index (χ1) is 18.1. The lowest BCUT2D eigenvalue weighted by Gasteiger charge is -2.25. The van der Waals surface area contributed by atoms with Crippen LogP contribution in [0, 0.1) is 6.92 Å². The summed E-state index contributed by atoms with van der Waals surface area (Å²) in [6, 6.07) is 27.8. The average molecular weight is 518 g/mol. The number of aryl methyl sites for hydroxylation is 1. The number of hydrogen-bond donors (Lipinski definition) is 1. The van der Waals surface area contributed by atoms with Crippen molar-refractivity contribution in [2.45, 2.75) is 45.1 Å². The van der Waals surface area contributed by atoms with Crippen LogP contribution in [0.4, 0.5) is 0 Å². The van der Waals surface area contributed by atoms with E-state index in [1.54, 1.807) is 0 Å². The summed E-state index contributed by atoms with van der Waals surface area (Å²) in [5.74, 6) is 1.39. The van der Waals surface area contributed by atoms with Crippen LogP contribution in [-0.2, 0) is 17.9 Å². The standard InChI is InChI=1S/C30H32ClN3O3/c1-22-29(19-33(25-15-16-25)18-27(35)21-36-20-23-9-4-2-5-10-23)30(37-28-13-6-3-7-14-28)34(32-22)26-12-8-11-24(31)17-26/h2-14,17,25,27,35H,15-16,18-21H2,1H3/t27-/m1/s1. The first kappa shape index (κ1) is 25.5. The maximum atomic E-state index is 10.8. The molecular formula is C30H32ClN3O3. The lowest BCUT2D eigenvalue weighted by atomic mass is 10.2. The minimum absolute atomic E-state index is 0.284. The van der Waals surface area contributed by atoms with Crippen LogP contribution in [-0.4, -0.2) is 45.1 Å². The molecule has 0 radical (unpaired) electrons. The summed E-state index contributed by atoms with van der Waals surface area (Å²) in [4.78, 5) is 2.32. The Morgan fingerprint density at radius 2 is 1.76 bits per heavy atom. The van der Waals surface area contributed by atoms with Gasteiger partial charge in [0.1, 0.15) is 5.75 Å². The van der Waals surface area contributed by atoms with Crippen LogP contribution in [0.5, 0.6) is 11.6 Å². The topological polar surface area (TPSA) is 59.8 Å². The fraction of sp³-hybridized carbons (Fsp3) is 0.300. The van der Waals surface area contributed by atoms with E-state index in [2.05, 4.69) is 4.90 Å². The molecule has 4 aromatic rings. The Morgan fingerprint density at radius 1 is 1.03 bits per heavy atom. The van der Waals surface area contributed by atoms with Gasteiger partial charge in [0, 0.05) is 24.2 Å². The molecule has 1 N–H and O–H groups in total. The molecule has 0 bridgehead atoms. The minimum atomic E-state index is -0.592. The van der Waals surface area contributed by atoms with Gasteiger partial charge in [-0.05, 0) is 55.7 Å². The lowest BCUT2D eigenvalue weighted by Crippen LogP contribution is -2.36. The molecule has 1 atom stereocenters. The molecule has 1 aliphatic carbocycles. The maximum absolute atomic E-state index is 10.8. The largest absolute Gasteiger partial charge is 0.439 e. The van der Waals surface area contributed by atoms with E-state index in [-0.39, 0.29) is 6.61 Å². The summed E-state index contributed by atoms with van der Waals surface area (Å²) in [5, 5.41) is 16.3. The van der Waals surface area contributed by atoms with Gasteiger partial charge in [-0.2, -0.15) is 5.10 Å². The number of aromatic nitrogens is 2. The van der Waals surface area contributed by atoms with E-state index in [0.29, 0.717) is 36.6 Å². The first-order valence-electron chi connectivity index (χ1n) is 12.7. The summed E-state index contributed by atoms with van der Waals surface area (Å²) >= 11 is 6.30. The Hall–Kier alpha value is -3.16. The van der Waals surface area contributed by atoms with Crippen molar-refractivity contribution in [2.75, 3.05) is 13.2 Å². The third-order valence-electron chi connectivity index (χ3n) is 6.44. The number of benzene rings is 3. The summed E-state index contributed by atoms with van der Waals surface area (Å²) < 4.78 is 14.0. The molecule has 0 saturated heterocycles. The van der Waals surface area contributed by atoms with Gasteiger partial charge in [0.15, 0.2) is 0 Å². The number of halogens is 1. The molecule has 1 saturated carbocycles. The van der Waals surface area contributed by atoms with Crippen LogP contribution < -0.4 is 4.74 Å². The Labute approximate surface area is 223 Å². The first-order valence-corrected chi connectivity index (χ1v) is 13.1. The van der Waals surface area contributed by atoms with Gasteiger partial charge in [0.25, 0.3) is 0 Å². The van der Waals surface area contributed by atoms with Gasteiger partial charge in [-0.3, -0.25) is 4.90 Å². The number of nitrogens with zero attached hydrogens (tertiary/aromatic N) is 3. The van der Waals surface area contributed by atoms with E-state index in [1.807, 2.05) is 96.5 Å². The van der Waals surface area contributed by atoms with Crippen molar-refractivity contribution < 1.29 is 14.6 Å². The predicted molar refractivity (Wildman–Crippen MR) is 145 cm³/mol. The van der Waals surface area contributed by atoms with Crippen LogP contribution >= 0.6 is 11.6 Å². The Bertz CT molecular complexity index is 1290. The second-order valence-corrected chi connectivity index (χ2v) is 9.93. The highest BCUT2D eigenvalue weighted by molar-refractivity contribution is 6.30. The van der Waals surface area contributed by atoms with Crippen LogP contribution in [0.2, 0.25) is 5.02 Å². The van der Waals surface area contributed by atoms with Crippen molar-refractivity contribution in [1.29, 1.82) is 0 Å². The Balaban J connectivity index is 1.35.